The second-order valence-electron chi connectivity index (χ2n) is 8.77. The molecule has 33 heavy (non-hydrogen) atoms. The molecule has 1 aromatic carbocycles. The van der Waals surface area contributed by atoms with Crippen LogP contribution in [-0.2, 0) is 6.18 Å². The Bertz CT molecular complexity index is 1150. The molecule has 1 N–H and O–H groups in total. The van der Waals surface area contributed by atoms with Gasteiger partial charge in [-0.25, -0.2) is 4.98 Å². The monoisotopic (exact) mass is 461 g/mol. The van der Waals surface area contributed by atoms with Gasteiger partial charge in [-0.3, -0.25) is 14.5 Å². The van der Waals surface area contributed by atoms with Gasteiger partial charge >= 0.3 is 6.18 Å². The van der Waals surface area contributed by atoms with E-state index in [0.29, 0.717) is 29.6 Å². The number of fused-ring (bicyclic) bond motifs is 1. The number of aromatic nitrogens is 4. The number of alkyl halides is 3. The summed E-state index contributed by atoms with van der Waals surface area (Å²) >= 11 is 0. The van der Waals surface area contributed by atoms with Crippen LogP contribution >= 0.6 is 0 Å². The number of hydrogen-bond donors (Lipinski definition) is 1. The third kappa shape index (κ3) is 4.94. The van der Waals surface area contributed by atoms with E-state index in [-0.39, 0.29) is 0 Å². The number of carbonyl (C=O) groups excluding carboxylic acids is 1. The van der Waals surface area contributed by atoms with Crippen molar-refractivity contribution in [3.8, 4) is 5.75 Å². The van der Waals surface area contributed by atoms with Crippen molar-refractivity contribution in [3.05, 3.63) is 42.1 Å². The number of amides is 1. The summed E-state index contributed by atoms with van der Waals surface area (Å²) in [5, 5.41) is 8.09. The Morgan fingerprint density at radius 3 is 2.55 bits per heavy atom. The van der Waals surface area contributed by atoms with Crippen molar-refractivity contribution >= 4 is 22.5 Å². The van der Waals surface area contributed by atoms with Crippen LogP contribution in [0.3, 0.4) is 0 Å². The van der Waals surface area contributed by atoms with Gasteiger partial charge in [0.15, 0.2) is 5.69 Å². The molecule has 4 rings (SSSR count). The minimum Gasteiger partial charge on any atom is -0.494 e. The first-order valence-corrected chi connectivity index (χ1v) is 10.9. The second-order valence-corrected chi connectivity index (χ2v) is 8.77. The van der Waals surface area contributed by atoms with Gasteiger partial charge in [0, 0.05) is 17.6 Å². The zero-order valence-electron chi connectivity index (χ0n) is 18.7. The van der Waals surface area contributed by atoms with Crippen LogP contribution in [0.4, 0.5) is 18.9 Å². The van der Waals surface area contributed by atoms with Gasteiger partial charge in [0.05, 0.1) is 36.7 Å². The molecule has 0 unspecified atom stereocenters. The molecular formula is C23H26F3N5O2. The van der Waals surface area contributed by atoms with Crippen molar-refractivity contribution in [2.75, 3.05) is 12.4 Å². The summed E-state index contributed by atoms with van der Waals surface area (Å²) in [7, 11) is 1.45. The minimum absolute atomic E-state index is 0.316. The molecule has 176 valence electrons. The van der Waals surface area contributed by atoms with E-state index in [2.05, 4.69) is 29.1 Å². The molecule has 2 heterocycles. The Labute approximate surface area is 189 Å². The van der Waals surface area contributed by atoms with Crippen LogP contribution in [0, 0.1) is 11.8 Å². The van der Waals surface area contributed by atoms with Gasteiger partial charge in [0.2, 0.25) is 0 Å². The van der Waals surface area contributed by atoms with Crippen molar-refractivity contribution in [2.24, 2.45) is 11.8 Å². The molecule has 2 aromatic heterocycles. The maximum atomic E-state index is 12.9. The van der Waals surface area contributed by atoms with Gasteiger partial charge in [-0.1, -0.05) is 13.8 Å². The molecule has 0 atom stereocenters. The topological polar surface area (TPSA) is 81.9 Å². The molecule has 10 heteroatoms. The zero-order chi connectivity index (χ0) is 23.8. The first kappa shape index (κ1) is 23.0. The summed E-state index contributed by atoms with van der Waals surface area (Å²) in [5.41, 5.74) is -0.636. The Morgan fingerprint density at radius 2 is 1.91 bits per heavy atom. The quantitative estimate of drug-likeness (QED) is 0.543. The van der Waals surface area contributed by atoms with Crippen molar-refractivity contribution in [1.82, 2.24) is 19.7 Å². The lowest BCUT2D eigenvalue weighted by Crippen LogP contribution is -2.21. The van der Waals surface area contributed by atoms with Gasteiger partial charge in [-0.2, -0.15) is 18.3 Å². The van der Waals surface area contributed by atoms with Crippen molar-refractivity contribution < 1.29 is 22.7 Å². The number of benzene rings is 1. The first-order valence-electron chi connectivity index (χ1n) is 10.9. The highest BCUT2D eigenvalue weighted by Gasteiger charge is 2.33. The van der Waals surface area contributed by atoms with E-state index in [9.17, 15) is 18.0 Å². The van der Waals surface area contributed by atoms with Gasteiger partial charge in [0.1, 0.15) is 11.4 Å². The third-order valence-electron chi connectivity index (χ3n) is 6.31. The fraction of sp³-hybridized carbons (Fsp3) is 0.478. The van der Waals surface area contributed by atoms with Crippen molar-refractivity contribution in [2.45, 2.75) is 51.7 Å². The number of halogens is 3. The smallest absolute Gasteiger partial charge is 0.434 e. The van der Waals surface area contributed by atoms with Crippen molar-refractivity contribution in [3.63, 3.8) is 0 Å². The summed E-state index contributed by atoms with van der Waals surface area (Å²) in [5.74, 6) is 0.960. The van der Waals surface area contributed by atoms with E-state index in [1.807, 2.05) is 10.9 Å². The van der Waals surface area contributed by atoms with E-state index in [4.69, 9.17) is 9.84 Å². The molecule has 1 aliphatic rings. The molecule has 1 fully saturated rings. The largest absolute Gasteiger partial charge is 0.494 e. The SMILES string of the molecule is COc1cc2nn([C@H]3CC[C@H](C(C)C)CC3)cc2cc1NC(=O)c1cncc(C(F)(F)F)n1. The lowest BCUT2D eigenvalue weighted by atomic mass is 9.80. The van der Waals surface area contributed by atoms with E-state index in [0.717, 1.165) is 35.9 Å². The highest BCUT2D eigenvalue weighted by Crippen LogP contribution is 2.37. The number of nitrogens with zero attached hydrogens (tertiary/aromatic N) is 4. The number of nitrogens with one attached hydrogen (secondary N) is 1. The van der Waals surface area contributed by atoms with Crippen molar-refractivity contribution in [1.29, 1.82) is 0 Å². The van der Waals surface area contributed by atoms with Crippen LogP contribution in [0.15, 0.2) is 30.7 Å². The van der Waals surface area contributed by atoms with Gasteiger partial charge in [0.25, 0.3) is 5.91 Å². The highest BCUT2D eigenvalue weighted by atomic mass is 19.4. The molecule has 1 saturated carbocycles. The number of carbonyl (C=O) groups is 1. The standard InChI is InChI=1S/C23H26F3N5O2/c1-13(2)14-4-6-16(7-5-14)31-12-15-8-18(20(33-3)9-17(15)30-31)29-22(32)19-10-27-11-21(28-19)23(24,25)26/h8-14,16H,4-7H2,1-3H3,(H,29,32)/t14-,16-. The van der Waals surface area contributed by atoms with E-state index in [1.54, 1.807) is 12.1 Å². The second kappa shape index (κ2) is 8.99. The average molecular weight is 461 g/mol. The molecule has 1 aliphatic carbocycles. The summed E-state index contributed by atoms with van der Waals surface area (Å²) in [6, 6.07) is 3.73. The van der Waals surface area contributed by atoms with Gasteiger partial charge in [-0.05, 0) is 43.6 Å². The van der Waals surface area contributed by atoms with Crippen LogP contribution in [-0.4, -0.2) is 32.8 Å². The predicted molar refractivity (Wildman–Crippen MR) is 117 cm³/mol. The summed E-state index contributed by atoms with van der Waals surface area (Å²) in [6.07, 6.45) is 3.27. The lowest BCUT2D eigenvalue weighted by molar-refractivity contribution is -0.141. The summed E-state index contributed by atoms with van der Waals surface area (Å²) in [6.45, 7) is 4.53. The molecule has 7 nitrogen and oxygen atoms in total. The molecule has 0 bridgehead atoms. The zero-order valence-corrected chi connectivity index (χ0v) is 18.7. The Morgan fingerprint density at radius 1 is 1.18 bits per heavy atom. The van der Waals surface area contributed by atoms with E-state index < -0.39 is 23.5 Å². The highest BCUT2D eigenvalue weighted by molar-refractivity contribution is 6.04. The summed E-state index contributed by atoms with van der Waals surface area (Å²) < 4.78 is 46.1. The average Bonchev–Trinajstić information content (AvgIpc) is 3.21. The van der Waals surface area contributed by atoms with Crippen LogP contribution in [0.5, 0.6) is 5.75 Å². The van der Waals surface area contributed by atoms with E-state index in [1.165, 1.54) is 20.0 Å². The number of rotatable bonds is 5. The summed E-state index contributed by atoms with van der Waals surface area (Å²) in [4.78, 5) is 19.5. The number of ether oxygens (including phenoxy) is 1. The minimum atomic E-state index is -4.69. The van der Waals surface area contributed by atoms with Crippen LogP contribution < -0.4 is 10.1 Å². The Balaban J connectivity index is 1.56. The molecule has 3 aromatic rings. The Hall–Kier alpha value is -3.17. The lowest BCUT2D eigenvalue weighted by Gasteiger charge is -2.30. The molecule has 0 spiro atoms. The number of hydrogen-bond acceptors (Lipinski definition) is 5. The molecule has 0 radical (unpaired) electrons. The van der Waals surface area contributed by atoms with Crippen LogP contribution in [0.1, 0.15) is 61.8 Å². The molecule has 0 saturated heterocycles. The Kier molecular flexibility index (Phi) is 6.27. The number of anilines is 1. The molecule has 0 aliphatic heterocycles. The van der Waals surface area contributed by atoms with Crippen LogP contribution in [0.2, 0.25) is 0 Å². The van der Waals surface area contributed by atoms with Crippen LogP contribution in [0.25, 0.3) is 10.9 Å². The van der Waals surface area contributed by atoms with Gasteiger partial charge < -0.3 is 10.1 Å². The normalized spacial score (nSPS) is 19.1. The molecule has 1 amide bonds. The maximum absolute atomic E-state index is 12.9. The first-order chi connectivity index (χ1) is 15.7. The third-order valence-corrected chi connectivity index (χ3v) is 6.31. The molecular weight excluding hydrogens is 435 g/mol. The maximum Gasteiger partial charge on any atom is 0.434 e. The number of methoxy groups -OCH3 is 1. The predicted octanol–water partition coefficient (Wildman–Crippen LogP) is 5.49. The van der Waals surface area contributed by atoms with Gasteiger partial charge in [-0.15, -0.1) is 0 Å². The fourth-order valence-corrected chi connectivity index (χ4v) is 4.36. The fourth-order valence-electron chi connectivity index (χ4n) is 4.36. The van der Waals surface area contributed by atoms with E-state index >= 15 is 0 Å².